The van der Waals surface area contributed by atoms with E-state index in [-0.39, 0.29) is 10.7 Å². The van der Waals surface area contributed by atoms with Crippen molar-refractivity contribution in [2.24, 2.45) is 0 Å². The number of hydrogen-bond acceptors (Lipinski definition) is 5. The number of ether oxygens (including phenoxy) is 2. The van der Waals surface area contributed by atoms with E-state index >= 15 is 0 Å². The summed E-state index contributed by atoms with van der Waals surface area (Å²) in [6, 6.07) is 5.05. The van der Waals surface area contributed by atoms with Crippen LogP contribution in [0.25, 0.3) is 11.1 Å². The zero-order chi connectivity index (χ0) is 15.7. The van der Waals surface area contributed by atoms with Gasteiger partial charge in [0, 0.05) is 17.5 Å². The fraction of sp³-hybridized carbons (Fsp3) is 0.250. The van der Waals surface area contributed by atoms with Crippen molar-refractivity contribution in [3.05, 3.63) is 34.0 Å². The SMILES string of the molecule is CC(=O)c1cc2c(cc1-c1ccsc1C(=O)O)OCCCO2. The summed E-state index contributed by atoms with van der Waals surface area (Å²) in [6.07, 6.45) is 0.762. The van der Waals surface area contributed by atoms with Crippen LogP contribution in [0, 0.1) is 0 Å². The smallest absolute Gasteiger partial charge is 0.346 e. The topological polar surface area (TPSA) is 72.8 Å². The standard InChI is InChI=1S/C16H14O5S/c1-9(17)11-7-13-14(21-5-2-4-20-13)8-12(11)10-3-6-22-15(10)16(18)19/h3,6-8H,2,4-5H2,1H3,(H,18,19). The van der Waals surface area contributed by atoms with Gasteiger partial charge in [0.05, 0.1) is 13.2 Å². The van der Waals surface area contributed by atoms with Gasteiger partial charge in [-0.25, -0.2) is 4.79 Å². The Bertz CT molecular complexity index is 747. The Morgan fingerprint density at radius 2 is 1.82 bits per heavy atom. The largest absolute Gasteiger partial charge is 0.490 e. The van der Waals surface area contributed by atoms with Gasteiger partial charge in [-0.3, -0.25) is 4.79 Å². The number of Topliss-reactive ketones (excluding diaryl/α,β-unsaturated/α-hetero) is 1. The van der Waals surface area contributed by atoms with Crippen LogP contribution in [-0.4, -0.2) is 30.1 Å². The second kappa shape index (κ2) is 5.81. The maximum absolute atomic E-state index is 12.0. The molecule has 0 spiro atoms. The maximum Gasteiger partial charge on any atom is 0.346 e. The molecule has 2 aromatic rings. The third kappa shape index (κ3) is 2.57. The predicted octanol–water partition coefficient (Wildman–Crippen LogP) is 3.48. The highest BCUT2D eigenvalue weighted by atomic mass is 32.1. The lowest BCUT2D eigenvalue weighted by molar-refractivity contribution is 0.0702. The molecule has 6 heteroatoms. The number of benzene rings is 1. The number of carbonyl (C=O) groups is 2. The Kier molecular flexibility index (Phi) is 3.85. The molecular formula is C16H14O5S. The van der Waals surface area contributed by atoms with Crippen molar-refractivity contribution in [1.82, 2.24) is 0 Å². The summed E-state index contributed by atoms with van der Waals surface area (Å²) in [6.45, 7) is 2.51. The molecule has 2 heterocycles. The molecule has 1 N–H and O–H groups in total. The number of carboxylic acid groups (broad SMARTS) is 1. The molecule has 1 aliphatic heterocycles. The van der Waals surface area contributed by atoms with Crippen LogP contribution in [0.3, 0.4) is 0 Å². The van der Waals surface area contributed by atoms with E-state index in [1.165, 1.54) is 6.92 Å². The minimum absolute atomic E-state index is 0.145. The van der Waals surface area contributed by atoms with Gasteiger partial charge in [0.2, 0.25) is 0 Å². The molecule has 0 radical (unpaired) electrons. The van der Waals surface area contributed by atoms with Gasteiger partial charge in [-0.1, -0.05) is 0 Å². The maximum atomic E-state index is 12.0. The Balaban J connectivity index is 2.21. The number of aromatic carboxylic acids is 1. The van der Waals surface area contributed by atoms with Gasteiger partial charge < -0.3 is 14.6 Å². The van der Waals surface area contributed by atoms with E-state index < -0.39 is 5.97 Å². The number of thiophene rings is 1. The first-order valence-electron chi connectivity index (χ1n) is 6.83. The number of ketones is 1. The van der Waals surface area contributed by atoms with Crippen molar-refractivity contribution in [2.45, 2.75) is 13.3 Å². The number of carbonyl (C=O) groups excluding carboxylic acids is 1. The molecule has 0 unspecified atom stereocenters. The molecule has 1 aromatic carbocycles. The van der Waals surface area contributed by atoms with Gasteiger partial charge in [0.15, 0.2) is 17.3 Å². The summed E-state index contributed by atoms with van der Waals surface area (Å²) >= 11 is 1.13. The van der Waals surface area contributed by atoms with Crippen LogP contribution in [0.5, 0.6) is 11.5 Å². The van der Waals surface area contributed by atoms with Crippen LogP contribution in [0.15, 0.2) is 23.6 Å². The van der Waals surface area contributed by atoms with Gasteiger partial charge in [-0.05, 0) is 36.1 Å². The van der Waals surface area contributed by atoms with E-state index in [9.17, 15) is 14.7 Å². The lowest BCUT2D eigenvalue weighted by Gasteiger charge is -2.13. The van der Waals surface area contributed by atoms with Crippen molar-refractivity contribution in [2.75, 3.05) is 13.2 Å². The number of carboxylic acids is 1. The summed E-state index contributed by atoms with van der Waals surface area (Å²) in [5, 5.41) is 11.0. The van der Waals surface area contributed by atoms with Crippen LogP contribution in [0.1, 0.15) is 33.4 Å². The average molecular weight is 318 g/mol. The fourth-order valence-corrected chi connectivity index (χ4v) is 3.16. The van der Waals surface area contributed by atoms with Crippen molar-refractivity contribution in [1.29, 1.82) is 0 Å². The highest BCUT2D eigenvalue weighted by Gasteiger charge is 2.22. The van der Waals surface area contributed by atoms with Crippen LogP contribution in [-0.2, 0) is 0 Å². The molecule has 22 heavy (non-hydrogen) atoms. The average Bonchev–Trinajstić information content (AvgIpc) is 2.85. The molecule has 0 saturated carbocycles. The van der Waals surface area contributed by atoms with Crippen molar-refractivity contribution < 1.29 is 24.2 Å². The number of rotatable bonds is 3. The molecule has 1 aliphatic rings. The Labute approximate surface area is 131 Å². The third-order valence-corrected chi connectivity index (χ3v) is 4.32. The zero-order valence-electron chi connectivity index (χ0n) is 11.9. The van der Waals surface area contributed by atoms with Gasteiger partial charge >= 0.3 is 5.97 Å². The molecule has 0 fully saturated rings. The minimum atomic E-state index is -1.01. The normalized spacial score (nSPS) is 13.5. The van der Waals surface area contributed by atoms with Crippen LogP contribution in [0.4, 0.5) is 0 Å². The van der Waals surface area contributed by atoms with E-state index in [2.05, 4.69) is 0 Å². The van der Waals surface area contributed by atoms with E-state index in [1.54, 1.807) is 23.6 Å². The van der Waals surface area contributed by atoms with Crippen molar-refractivity contribution >= 4 is 23.1 Å². The molecule has 114 valence electrons. The molecular weight excluding hydrogens is 304 g/mol. The van der Waals surface area contributed by atoms with Crippen LogP contribution < -0.4 is 9.47 Å². The van der Waals surface area contributed by atoms with Gasteiger partial charge in [-0.15, -0.1) is 11.3 Å². The monoisotopic (exact) mass is 318 g/mol. The van der Waals surface area contributed by atoms with Gasteiger partial charge in [-0.2, -0.15) is 0 Å². The van der Waals surface area contributed by atoms with Crippen LogP contribution in [0.2, 0.25) is 0 Å². The number of fused-ring (bicyclic) bond motifs is 1. The second-order valence-electron chi connectivity index (χ2n) is 4.92. The van der Waals surface area contributed by atoms with Crippen LogP contribution >= 0.6 is 11.3 Å². The van der Waals surface area contributed by atoms with E-state index in [0.29, 0.717) is 41.4 Å². The highest BCUT2D eigenvalue weighted by molar-refractivity contribution is 7.12. The summed E-state index contributed by atoms with van der Waals surface area (Å²) in [5.74, 6) is -0.0848. The molecule has 0 aliphatic carbocycles. The first-order valence-corrected chi connectivity index (χ1v) is 7.71. The fourth-order valence-electron chi connectivity index (χ4n) is 2.41. The molecule has 0 saturated heterocycles. The first-order chi connectivity index (χ1) is 10.6. The van der Waals surface area contributed by atoms with Crippen molar-refractivity contribution in [3.8, 4) is 22.6 Å². The number of hydrogen-bond donors (Lipinski definition) is 1. The molecule has 5 nitrogen and oxygen atoms in total. The molecule has 3 rings (SSSR count). The lowest BCUT2D eigenvalue weighted by Crippen LogP contribution is -2.02. The van der Waals surface area contributed by atoms with Crippen molar-refractivity contribution in [3.63, 3.8) is 0 Å². The summed E-state index contributed by atoms with van der Waals surface area (Å²) < 4.78 is 11.2. The van der Waals surface area contributed by atoms with Gasteiger partial charge in [0.25, 0.3) is 0 Å². The summed E-state index contributed by atoms with van der Waals surface area (Å²) in [4.78, 5) is 23.5. The summed E-state index contributed by atoms with van der Waals surface area (Å²) in [5.41, 5.74) is 1.53. The third-order valence-electron chi connectivity index (χ3n) is 3.42. The predicted molar refractivity (Wildman–Crippen MR) is 82.3 cm³/mol. The first kappa shape index (κ1) is 14.6. The zero-order valence-corrected chi connectivity index (χ0v) is 12.7. The Hall–Kier alpha value is -2.34. The van der Waals surface area contributed by atoms with E-state index in [4.69, 9.17) is 9.47 Å². The molecule has 1 aromatic heterocycles. The van der Waals surface area contributed by atoms with Gasteiger partial charge in [0.1, 0.15) is 4.88 Å². The quantitative estimate of drug-likeness (QED) is 0.877. The molecule has 0 bridgehead atoms. The molecule has 0 atom stereocenters. The Morgan fingerprint density at radius 1 is 1.14 bits per heavy atom. The summed E-state index contributed by atoms with van der Waals surface area (Å²) in [7, 11) is 0. The highest BCUT2D eigenvalue weighted by Crippen LogP contribution is 2.39. The lowest BCUT2D eigenvalue weighted by atomic mass is 9.97. The van der Waals surface area contributed by atoms with E-state index in [0.717, 1.165) is 17.8 Å². The Morgan fingerprint density at radius 3 is 2.45 bits per heavy atom. The van der Waals surface area contributed by atoms with E-state index in [1.807, 2.05) is 0 Å². The second-order valence-corrected chi connectivity index (χ2v) is 5.84. The molecule has 0 amide bonds. The minimum Gasteiger partial charge on any atom is -0.490 e.